The molecule has 6 nitrogen and oxygen atoms in total. The number of carbonyl (C=O) groups is 2. The van der Waals surface area contributed by atoms with E-state index in [2.05, 4.69) is 31.7 Å². The fourth-order valence-electron chi connectivity index (χ4n) is 0.946. The largest absolute Gasteiger partial charge is 0.358 e. The van der Waals surface area contributed by atoms with Crippen LogP contribution in [0.4, 0.5) is 0 Å². The molecule has 15 heavy (non-hydrogen) atoms. The Morgan fingerprint density at radius 2 is 2.27 bits per heavy atom. The van der Waals surface area contributed by atoms with Gasteiger partial charge in [0.2, 0.25) is 5.91 Å². The van der Waals surface area contributed by atoms with E-state index in [-0.39, 0.29) is 24.1 Å². The van der Waals surface area contributed by atoms with E-state index in [0.29, 0.717) is 4.47 Å². The highest BCUT2D eigenvalue weighted by molar-refractivity contribution is 9.10. The van der Waals surface area contributed by atoms with Crippen LogP contribution in [0.2, 0.25) is 0 Å². The van der Waals surface area contributed by atoms with Crippen LogP contribution in [0.3, 0.4) is 0 Å². The van der Waals surface area contributed by atoms with Gasteiger partial charge in [-0.1, -0.05) is 0 Å². The normalized spacial score (nSPS) is 9.80. The molecule has 0 radical (unpaired) electrons. The molecule has 1 rings (SSSR count). The first kappa shape index (κ1) is 11.7. The quantitative estimate of drug-likeness (QED) is 0.792. The van der Waals surface area contributed by atoms with Crippen molar-refractivity contribution in [1.29, 1.82) is 0 Å². The Balaban J connectivity index is 2.61. The molecule has 0 bridgehead atoms. The van der Waals surface area contributed by atoms with E-state index in [1.807, 2.05) is 0 Å². The van der Waals surface area contributed by atoms with E-state index >= 15 is 0 Å². The minimum atomic E-state index is -0.383. The molecule has 0 atom stereocenters. The summed E-state index contributed by atoms with van der Waals surface area (Å²) in [6, 6.07) is 0. The Bertz CT molecular complexity index is 388. The first-order chi connectivity index (χ1) is 7.04. The minimum Gasteiger partial charge on any atom is -0.358 e. The van der Waals surface area contributed by atoms with Gasteiger partial charge in [-0.2, -0.15) is 5.10 Å². The zero-order valence-electron chi connectivity index (χ0n) is 8.37. The van der Waals surface area contributed by atoms with E-state index in [9.17, 15) is 9.59 Å². The van der Waals surface area contributed by atoms with Gasteiger partial charge in [0.15, 0.2) is 5.69 Å². The number of nitrogens with one attached hydrogen (secondary N) is 2. The first-order valence-electron chi connectivity index (χ1n) is 4.22. The molecular formula is C8H11BrN4O2. The molecule has 1 aromatic rings. The molecule has 0 unspecified atom stereocenters. The van der Waals surface area contributed by atoms with Gasteiger partial charge >= 0.3 is 0 Å². The number of likely N-dealkylation sites (N-methyl/N-ethyl adjacent to an activating group) is 1. The lowest BCUT2D eigenvalue weighted by atomic mass is 10.4. The third-order valence-electron chi connectivity index (χ3n) is 1.69. The lowest BCUT2D eigenvalue weighted by Crippen LogP contribution is -2.35. The van der Waals surface area contributed by atoms with Gasteiger partial charge in [-0.25, -0.2) is 0 Å². The first-order valence-corrected chi connectivity index (χ1v) is 5.02. The monoisotopic (exact) mass is 274 g/mol. The summed E-state index contributed by atoms with van der Waals surface area (Å²) in [4.78, 5) is 22.4. The standard InChI is InChI=1S/C8H11BrN4O2/c1-10-6(14)3-11-8(15)7-5(9)4-13(2)12-7/h4H,3H2,1-2H3,(H,10,14)(H,11,15). The van der Waals surface area contributed by atoms with Gasteiger partial charge in [0.1, 0.15) is 0 Å². The third kappa shape index (κ3) is 3.05. The van der Waals surface area contributed by atoms with Crippen molar-refractivity contribution in [2.45, 2.75) is 0 Å². The smallest absolute Gasteiger partial charge is 0.273 e. The molecule has 7 heteroatoms. The van der Waals surface area contributed by atoms with Crippen LogP contribution in [-0.2, 0) is 11.8 Å². The number of hydrogen-bond acceptors (Lipinski definition) is 3. The lowest BCUT2D eigenvalue weighted by molar-refractivity contribution is -0.119. The second kappa shape index (κ2) is 4.92. The SMILES string of the molecule is CNC(=O)CNC(=O)c1nn(C)cc1Br. The lowest BCUT2D eigenvalue weighted by Gasteiger charge is -2.01. The highest BCUT2D eigenvalue weighted by atomic mass is 79.9. The van der Waals surface area contributed by atoms with Crippen LogP contribution in [0.5, 0.6) is 0 Å². The van der Waals surface area contributed by atoms with Gasteiger partial charge in [-0.3, -0.25) is 14.3 Å². The molecule has 0 aliphatic rings. The van der Waals surface area contributed by atoms with Crippen LogP contribution >= 0.6 is 15.9 Å². The summed E-state index contributed by atoms with van der Waals surface area (Å²) < 4.78 is 2.11. The second-order valence-corrected chi connectivity index (χ2v) is 3.71. The van der Waals surface area contributed by atoms with E-state index in [0.717, 1.165) is 0 Å². The maximum absolute atomic E-state index is 11.5. The summed E-state index contributed by atoms with van der Waals surface area (Å²) in [6.07, 6.45) is 1.66. The Kier molecular flexibility index (Phi) is 3.84. The van der Waals surface area contributed by atoms with Crippen molar-refractivity contribution in [3.63, 3.8) is 0 Å². The molecule has 2 N–H and O–H groups in total. The number of hydrogen-bond donors (Lipinski definition) is 2. The van der Waals surface area contributed by atoms with Crippen molar-refractivity contribution < 1.29 is 9.59 Å². The zero-order valence-corrected chi connectivity index (χ0v) is 9.96. The fraction of sp³-hybridized carbons (Fsp3) is 0.375. The van der Waals surface area contributed by atoms with Crippen molar-refractivity contribution in [2.24, 2.45) is 7.05 Å². The molecule has 0 saturated heterocycles. The zero-order chi connectivity index (χ0) is 11.4. The molecule has 82 valence electrons. The average Bonchev–Trinajstić information content (AvgIpc) is 2.53. The number of amides is 2. The van der Waals surface area contributed by atoms with Crippen LogP contribution in [-0.4, -0.2) is 35.2 Å². The number of aryl methyl sites for hydroxylation is 1. The van der Waals surface area contributed by atoms with E-state index in [4.69, 9.17) is 0 Å². The van der Waals surface area contributed by atoms with Gasteiger partial charge in [0.25, 0.3) is 5.91 Å². The second-order valence-electron chi connectivity index (χ2n) is 2.86. The van der Waals surface area contributed by atoms with Gasteiger partial charge in [-0.05, 0) is 15.9 Å². The molecule has 0 aliphatic carbocycles. The molecule has 1 aromatic heterocycles. The summed E-state index contributed by atoms with van der Waals surface area (Å²) >= 11 is 3.20. The topological polar surface area (TPSA) is 76.0 Å². The Labute approximate surface area is 95.2 Å². The van der Waals surface area contributed by atoms with E-state index in [1.165, 1.54) is 11.7 Å². The number of nitrogens with zero attached hydrogens (tertiary/aromatic N) is 2. The molecular weight excluding hydrogens is 264 g/mol. The number of aromatic nitrogens is 2. The summed E-state index contributed by atoms with van der Waals surface area (Å²) in [5.74, 6) is -0.638. The van der Waals surface area contributed by atoms with Crippen LogP contribution in [0.1, 0.15) is 10.5 Å². The third-order valence-corrected chi connectivity index (χ3v) is 2.27. The Hall–Kier alpha value is -1.37. The van der Waals surface area contributed by atoms with Crippen LogP contribution < -0.4 is 10.6 Å². The molecule has 0 aromatic carbocycles. The Morgan fingerprint density at radius 1 is 1.60 bits per heavy atom. The van der Waals surface area contributed by atoms with Gasteiger partial charge in [-0.15, -0.1) is 0 Å². The molecule has 0 aliphatic heterocycles. The molecule has 1 heterocycles. The minimum absolute atomic E-state index is 0.0572. The summed E-state index contributed by atoms with van der Waals surface area (Å²) in [6.45, 7) is -0.0572. The summed E-state index contributed by atoms with van der Waals surface area (Å²) in [5.41, 5.74) is 0.265. The van der Waals surface area contributed by atoms with Gasteiger partial charge in [0.05, 0.1) is 11.0 Å². The van der Waals surface area contributed by atoms with Gasteiger partial charge < -0.3 is 10.6 Å². The van der Waals surface area contributed by atoms with E-state index in [1.54, 1.807) is 13.2 Å². The number of rotatable bonds is 3. The van der Waals surface area contributed by atoms with Crippen LogP contribution in [0.15, 0.2) is 10.7 Å². The Morgan fingerprint density at radius 3 is 2.73 bits per heavy atom. The van der Waals surface area contributed by atoms with Crippen molar-refractivity contribution in [3.8, 4) is 0 Å². The van der Waals surface area contributed by atoms with Crippen LogP contribution in [0, 0.1) is 0 Å². The van der Waals surface area contributed by atoms with Crippen molar-refractivity contribution in [1.82, 2.24) is 20.4 Å². The summed E-state index contributed by atoms with van der Waals surface area (Å²) in [7, 11) is 3.21. The van der Waals surface area contributed by atoms with Crippen molar-refractivity contribution in [2.75, 3.05) is 13.6 Å². The predicted octanol–water partition coefficient (Wildman–Crippen LogP) is -0.342. The number of carbonyl (C=O) groups excluding carboxylic acids is 2. The molecule has 2 amide bonds. The van der Waals surface area contributed by atoms with E-state index < -0.39 is 0 Å². The fourth-order valence-corrected chi connectivity index (χ4v) is 1.50. The average molecular weight is 275 g/mol. The predicted molar refractivity (Wildman–Crippen MR) is 57.3 cm³/mol. The molecule has 0 saturated carbocycles. The highest BCUT2D eigenvalue weighted by Crippen LogP contribution is 2.13. The summed E-state index contributed by atoms with van der Waals surface area (Å²) in [5, 5.41) is 8.79. The highest BCUT2D eigenvalue weighted by Gasteiger charge is 2.14. The molecule has 0 spiro atoms. The van der Waals surface area contributed by atoms with Gasteiger partial charge in [0, 0.05) is 20.3 Å². The van der Waals surface area contributed by atoms with Crippen LogP contribution in [0.25, 0.3) is 0 Å². The van der Waals surface area contributed by atoms with Crippen molar-refractivity contribution >= 4 is 27.7 Å². The molecule has 0 fully saturated rings. The van der Waals surface area contributed by atoms with Crippen molar-refractivity contribution in [3.05, 3.63) is 16.4 Å². The number of halogens is 1. The maximum atomic E-state index is 11.5. The maximum Gasteiger partial charge on any atom is 0.273 e.